The number of ether oxygens (including phenoxy) is 1. The number of aromatic nitrogens is 3. The van der Waals surface area contributed by atoms with E-state index in [1.165, 1.54) is 5.57 Å². The summed E-state index contributed by atoms with van der Waals surface area (Å²) in [6.07, 6.45) is 7.81. The highest BCUT2D eigenvalue weighted by atomic mass is 16.5. The molecule has 1 aliphatic rings. The Morgan fingerprint density at radius 1 is 1.12 bits per heavy atom. The summed E-state index contributed by atoms with van der Waals surface area (Å²) in [6.45, 7) is 4.18. The van der Waals surface area contributed by atoms with E-state index >= 15 is 0 Å². The monoisotopic (exact) mass is 332 g/mol. The molecule has 2 aromatic heterocycles. The minimum atomic E-state index is 0.640. The Balaban J connectivity index is 1.35. The molecular formula is C20H20N4O. The summed E-state index contributed by atoms with van der Waals surface area (Å²) >= 11 is 0. The Morgan fingerprint density at radius 3 is 2.84 bits per heavy atom. The molecule has 1 aliphatic heterocycles. The highest BCUT2D eigenvalue weighted by molar-refractivity contribution is 5.62. The smallest absolute Gasteiger partial charge is 0.137 e. The summed E-state index contributed by atoms with van der Waals surface area (Å²) in [5, 5.41) is 3.46. The van der Waals surface area contributed by atoms with Crippen LogP contribution in [0.4, 0.5) is 0 Å². The highest BCUT2D eigenvalue weighted by Crippen LogP contribution is 2.25. The molecule has 0 radical (unpaired) electrons. The summed E-state index contributed by atoms with van der Waals surface area (Å²) in [7, 11) is 0. The molecule has 0 aliphatic carbocycles. The fourth-order valence-corrected chi connectivity index (χ4v) is 2.92. The van der Waals surface area contributed by atoms with E-state index in [0.29, 0.717) is 6.61 Å². The first-order valence-electron chi connectivity index (χ1n) is 8.37. The molecule has 3 heterocycles. The lowest BCUT2D eigenvalue weighted by Gasteiger charge is -2.18. The zero-order valence-electron chi connectivity index (χ0n) is 14.1. The highest BCUT2D eigenvalue weighted by Gasteiger charge is 2.10. The zero-order valence-corrected chi connectivity index (χ0v) is 14.1. The lowest BCUT2D eigenvalue weighted by molar-refractivity contribution is 0.343. The number of nitrogens with zero attached hydrogens (tertiary/aromatic N) is 3. The summed E-state index contributed by atoms with van der Waals surface area (Å²) < 4.78 is 7.75. The molecule has 126 valence electrons. The van der Waals surface area contributed by atoms with Crippen LogP contribution in [0.1, 0.15) is 17.0 Å². The standard InChI is InChI=1S/C20H20N4O/c1-15-22-8-9-24(15)20-7-6-16(13-23-20)11-21-12-17-10-18-4-2-3-5-19(18)25-14-17/h2-10,13,21H,11-12,14H2,1H3. The fourth-order valence-electron chi connectivity index (χ4n) is 2.92. The molecule has 3 aromatic rings. The summed E-state index contributed by atoms with van der Waals surface area (Å²) in [5.74, 6) is 2.78. The minimum absolute atomic E-state index is 0.640. The van der Waals surface area contributed by atoms with Gasteiger partial charge in [-0.1, -0.05) is 24.3 Å². The third kappa shape index (κ3) is 3.46. The Hall–Kier alpha value is -2.92. The second-order valence-electron chi connectivity index (χ2n) is 6.10. The van der Waals surface area contributed by atoms with E-state index < -0.39 is 0 Å². The molecule has 0 fully saturated rings. The van der Waals surface area contributed by atoms with Crippen molar-refractivity contribution in [2.24, 2.45) is 0 Å². The van der Waals surface area contributed by atoms with Crippen molar-refractivity contribution in [2.45, 2.75) is 13.5 Å². The van der Waals surface area contributed by atoms with Crippen LogP contribution >= 0.6 is 0 Å². The number of imidazole rings is 1. The van der Waals surface area contributed by atoms with E-state index in [2.05, 4.69) is 33.5 Å². The molecule has 25 heavy (non-hydrogen) atoms. The van der Waals surface area contributed by atoms with Gasteiger partial charge in [0.1, 0.15) is 24.0 Å². The summed E-state index contributed by atoms with van der Waals surface area (Å²) in [4.78, 5) is 8.75. The number of fused-ring (bicyclic) bond motifs is 1. The number of hydrogen-bond donors (Lipinski definition) is 1. The van der Waals surface area contributed by atoms with Crippen LogP contribution in [-0.4, -0.2) is 27.7 Å². The Kier molecular flexibility index (Phi) is 4.31. The Morgan fingerprint density at radius 2 is 2.04 bits per heavy atom. The lowest BCUT2D eigenvalue weighted by atomic mass is 10.1. The van der Waals surface area contributed by atoms with Crippen molar-refractivity contribution in [3.8, 4) is 11.6 Å². The minimum Gasteiger partial charge on any atom is -0.489 e. The van der Waals surface area contributed by atoms with Gasteiger partial charge in [-0.05, 0) is 36.3 Å². The van der Waals surface area contributed by atoms with Crippen molar-refractivity contribution >= 4 is 6.08 Å². The van der Waals surface area contributed by atoms with Gasteiger partial charge in [-0.25, -0.2) is 9.97 Å². The maximum atomic E-state index is 5.78. The summed E-state index contributed by atoms with van der Waals surface area (Å²) in [6, 6.07) is 12.2. The van der Waals surface area contributed by atoms with Crippen LogP contribution in [0.15, 0.2) is 60.6 Å². The van der Waals surface area contributed by atoms with Gasteiger partial charge in [-0.15, -0.1) is 0 Å². The van der Waals surface area contributed by atoms with Crippen molar-refractivity contribution in [1.82, 2.24) is 19.9 Å². The van der Waals surface area contributed by atoms with Gasteiger partial charge in [0.05, 0.1) is 0 Å². The third-order valence-corrected chi connectivity index (χ3v) is 4.25. The molecule has 0 spiro atoms. The van der Waals surface area contributed by atoms with Gasteiger partial charge in [-0.3, -0.25) is 4.57 Å². The first-order chi connectivity index (χ1) is 12.3. The van der Waals surface area contributed by atoms with E-state index in [4.69, 9.17) is 4.74 Å². The average molecular weight is 332 g/mol. The average Bonchev–Trinajstić information content (AvgIpc) is 3.08. The third-order valence-electron chi connectivity index (χ3n) is 4.25. The van der Waals surface area contributed by atoms with Crippen molar-refractivity contribution in [2.75, 3.05) is 13.2 Å². The molecule has 5 nitrogen and oxygen atoms in total. The van der Waals surface area contributed by atoms with E-state index in [1.807, 2.05) is 48.1 Å². The number of nitrogens with one attached hydrogen (secondary N) is 1. The molecule has 0 unspecified atom stereocenters. The second-order valence-corrected chi connectivity index (χ2v) is 6.10. The van der Waals surface area contributed by atoms with E-state index in [1.54, 1.807) is 6.20 Å². The number of hydrogen-bond acceptors (Lipinski definition) is 4. The predicted octanol–water partition coefficient (Wildman–Crippen LogP) is 3.14. The molecule has 0 atom stereocenters. The number of para-hydroxylation sites is 1. The first kappa shape index (κ1) is 15.6. The molecular weight excluding hydrogens is 312 g/mol. The number of pyridine rings is 1. The largest absolute Gasteiger partial charge is 0.489 e. The predicted molar refractivity (Wildman–Crippen MR) is 97.7 cm³/mol. The van der Waals surface area contributed by atoms with Crippen LogP contribution in [-0.2, 0) is 6.54 Å². The maximum absolute atomic E-state index is 5.78. The SMILES string of the molecule is Cc1nccn1-c1ccc(CNCC2=Cc3ccccc3OC2)cn1. The molecule has 5 heteroatoms. The zero-order chi connectivity index (χ0) is 17.1. The number of aryl methyl sites for hydroxylation is 1. The first-order valence-corrected chi connectivity index (χ1v) is 8.37. The van der Waals surface area contributed by atoms with Crippen molar-refractivity contribution in [3.05, 3.63) is 77.5 Å². The maximum Gasteiger partial charge on any atom is 0.137 e. The molecule has 0 bridgehead atoms. The van der Waals surface area contributed by atoms with Crippen LogP contribution in [0, 0.1) is 6.92 Å². The lowest BCUT2D eigenvalue weighted by Crippen LogP contribution is -2.21. The van der Waals surface area contributed by atoms with E-state index in [-0.39, 0.29) is 0 Å². The van der Waals surface area contributed by atoms with Crippen molar-refractivity contribution < 1.29 is 4.74 Å². The fraction of sp³-hybridized carbons (Fsp3) is 0.200. The van der Waals surface area contributed by atoms with E-state index in [9.17, 15) is 0 Å². The Labute approximate surface area is 147 Å². The van der Waals surface area contributed by atoms with Crippen molar-refractivity contribution in [1.29, 1.82) is 0 Å². The topological polar surface area (TPSA) is 52.0 Å². The van der Waals surface area contributed by atoms with Crippen LogP contribution < -0.4 is 10.1 Å². The van der Waals surface area contributed by atoms with Gasteiger partial charge in [0.15, 0.2) is 0 Å². The Bertz CT molecular complexity index is 896. The van der Waals surface area contributed by atoms with Gasteiger partial charge >= 0.3 is 0 Å². The molecule has 0 saturated heterocycles. The van der Waals surface area contributed by atoms with Crippen molar-refractivity contribution in [3.63, 3.8) is 0 Å². The van der Waals surface area contributed by atoms with Crippen LogP contribution in [0.2, 0.25) is 0 Å². The molecule has 1 N–H and O–H groups in total. The van der Waals surface area contributed by atoms with Crippen LogP contribution in [0.25, 0.3) is 11.9 Å². The van der Waals surface area contributed by atoms with Gasteiger partial charge in [0, 0.05) is 37.2 Å². The van der Waals surface area contributed by atoms with Gasteiger partial charge in [0.25, 0.3) is 0 Å². The van der Waals surface area contributed by atoms with Gasteiger partial charge in [-0.2, -0.15) is 0 Å². The van der Waals surface area contributed by atoms with Crippen LogP contribution in [0.3, 0.4) is 0 Å². The van der Waals surface area contributed by atoms with Crippen LogP contribution in [0.5, 0.6) is 5.75 Å². The molecule has 1 aromatic carbocycles. The number of rotatable bonds is 5. The second kappa shape index (κ2) is 6.91. The normalized spacial score (nSPS) is 13.1. The molecule has 0 saturated carbocycles. The van der Waals surface area contributed by atoms with E-state index in [0.717, 1.165) is 41.6 Å². The molecule has 0 amide bonds. The quantitative estimate of drug-likeness (QED) is 0.780. The molecule has 4 rings (SSSR count). The van der Waals surface area contributed by atoms with Gasteiger partial charge < -0.3 is 10.1 Å². The number of benzene rings is 1. The van der Waals surface area contributed by atoms with Gasteiger partial charge in [0.2, 0.25) is 0 Å². The summed E-state index contributed by atoms with van der Waals surface area (Å²) in [5.41, 5.74) is 3.55.